The maximum atomic E-state index is 13.2. The third kappa shape index (κ3) is 4.45. The Hall–Kier alpha value is -3.71. The number of hydrogen-bond acceptors (Lipinski definition) is 4. The summed E-state index contributed by atoms with van der Waals surface area (Å²) >= 11 is 6.10. The van der Waals surface area contributed by atoms with Gasteiger partial charge in [0.2, 0.25) is 6.79 Å². The van der Waals surface area contributed by atoms with E-state index >= 15 is 0 Å². The minimum atomic E-state index is -0.280. The number of rotatable bonds is 5. The zero-order valence-electron chi connectivity index (χ0n) is 17.8. The maximum absolute atomic E-state index is 13.2. The average molecular weight is 464 g/mol. The fraction of sp³-hybridized carbons (Fsp3) is 0.200. The van der Waals surface area contributed by atoms with Crippen molar-refractivity contribution < 1.29 is 19.1 Å². The van der Waals surface area contributed by atoms with Gasteiger partial charge in [-0.05, 0) is 60.5 Å². The van der Waals surface area contributed by atoms with Gasteiger partial charge >= 0.3 is 6.03 Å². The van der Waals surface area contributed by atoms with Crippen molar-refractivity contribution in [3.05, 3.63) is 82.9 Å². The number of nitrogens with one attached hydrogen (secondary N) is 1. The molecule has 2 aliphatic rings. The summed E-state index contributed by atoms with van der Waals surface area (Å²) in [4.78, 5) is 29.2. The monoisotopic (exact) mass is 463 g/mol. The average Bonchev–Trinajstić information content (AvgIpc) is 3.29. The number of anilines is 2. The first-order valence-corrected chi connectivity index (χ1v) is 11.1. The van der Waals surface area contributed by atoms with Crippen LogP contribution in [0.1, 0.15) is 22.3 Å². The van der Waals surface area contributed by atoms with Gasteiger partial charge in [0, 0.05) is 31.0 Å². The molecule has 168 valence electrons. The number of halogens is 1. The second-order valence-corrected chi connectivity index (χ2v) is 8.28. The summed E-state index contributed by atoms with van der Waals surface area (Å²) < 4.78 is 10.8. The molecule has 5 rings (SSSR count). The number of amides is 3. The van der Waals surface area contributed by atoms with Gasteiger partial charge < -0.3 is 19.7 Å². The lowest BCUT2D eigenvalue weighted by atomic mass is 10.1. The van der Waals surface area contributed by atoms with Gasteiger partial charge in [-0.2, -0.15) is 0 Å². The maximum Gasteiger partial charge on any atom is 0.324 e. The quantitative estimate of drug-likeness (QED) is 0.567. The normalized spacial score (nSPS) is 15.0. The topological polar surface area (TPSA) is 71.1 Å². The Labute approximate surface area is 196 Å². The van der Waals surface area contributed by atoms with E-state index in [4.69, 9.17) is 21.1 Å². The molecule has 0 spiro atoms. The van der Waals surface area contributed by atoms with Crippen molar-refractivity contribution >= 4 is 34.9 Å². The molecule has 0 bridgehead atoms. The fourth-order valence-electron chi connectivity index (χ4n) is 4.00. The molecule has 0 radical (unpaired) electrons. The Balaban J connectivity index is 1.25. The van der Waals surface area contributed by atoms with Gasteiger partial charge in [-0.25, -0.2) is 4.79 Å². The van der Waals surface area contributed by atoms with Crippen LogP contribution in [0.5, 0.6) is 11.5 Å². The molecule has 0 atom stereocenters. The molecule has 0 aliphatic carbocycles. The van der Waals surface area contributed by atoms with Crippen molar-refractivity contribution in [3.63, 3.8) is 0 Å². The molecule has 0 unspecified atom stereocenters. The Bertz CT molecular complexity index is 1200. The molecular formula is C25H22ClN3O4. The zero-order chi connectivity index (χ0) is 22.8. The molecule has 3 aromatic rings. The van der Waals surface area contributed by atoms with Crippen LogP contribution in [0.15, 0.2) is 66.7 Å². The standard InChI is InChI=1S/C25H22ClN3O4/c26-21-5-2-1-4-20(21)24(30)27-18-7-9-19(10-8-18)29-13-3-12-28(25(29)31)15-17-6-11-22-23(14-17)33-16-32-22/h1-2,4-11,14H,3,12-13,15-16H2,(H,27,30). The summed E-state index contributed by atoms with van der Waals surface area (Å²) in [7, 11) is 0. The van der Waals surface area contributed by atoms with Gasteiger partial charge in [-0.15, -0.1) is 0 Å². The third-order valence-electron chi connectivity index (χ3n) is 5.68. The smallest absolute Gasteiger partial charge is 0.324 e. The van der Waals surface area contributed by atoms with E-state index in [1.54, 1.807) is 41.3 Å². The molecule has 7 nitrogen and oxygen atoms in total. The van der Waals surface area contributed by atoms with Crippen molar-refractivity contribution in [1.82, 2.24) is 4.90 Å². The highest BCUT2D eigenvalue weighted by atomic mass is 35.5. The van der Waals surface area contributed by atoms with Crippen LogP contribution in [-0.4, -0.2) is 36.7 Å². The van der Waals surface area contributed by atoms with Crippen molar-refractivity contribution in [3.8, 4) is 11.5 Å². The summed E-state index contributed by atoms with van der Waals surface area (Å²) in [5.41, 5.74) is 2.82. The number of benzene rings is 3. The summed E-state index contributed by atoms with van der Waals surface area (Å²) in [6, 6.07) is 19.8. The molecule has 3 amide bonds. The van der Waals surface area contributed by atoms with E-state index in [0.717, 1.165) is 23.4 Å². The number of fused-ring (bicyclic) bond motifs is 1. The second kappa shape index (κ2) is 9.03. The van der Waals surface area contributed by atoms with Gasteiger partial charge in [0.1, 0.15) is 0 Å². The van der Waals surface area contributed by atoms with E-state index < -0.39 is 0 Å². The van der Waals surface area contributed by atoms with Gasteiger partial charge in [-0.1, -0.05) is 29.8 Å². The van der Waals surface area contributed by atoms with Crippen molar-refractivity contribution in [2.45, 2.75) is 13.0 Å². The van der Waals surface area contributed by atoms with Crippen molar-refractivity contribution in [1.29, 1.82) is 0 Å². The number of urea groups is 1. The van der Waals surface area contributed by atoms with Crippen LogP contribution >= 0.6 is 11.6 Å². The first-order valence-electron chi connectivity index (χ1n) is 10.7. The molecule has 3 aromatic carbocycles. The number of hydrogen-bond donors (Lipinski definition) is 1. The fourth-order valence-corrected chi connectivity index (χ4v) is 4.22. The molecule has 33 heavy (non-hydrogen) atoms. The minimum Gasteiger partial charge on any atom is -0.454 e. The van der Waals surface area contributed by atoms with Crippen molar-refractivity contribution in [2.75, 3.05) is 30.1 Å². The largest absolute Gasteiger partial charge is 0.454 e. The first-order chi connectivity index (χ1) is 16.1. The Morgan fingerprint density at radius 1 is 0.970 bits per heavy atom. The van der Waals surface area contributed by atoms with E-state index in [1.165, 1.54) is 0 Å². The van der Waals surface area contributed by atoms with Crippen LogP contribution in [0.4, 0.5) is 16.2 Å². The highest BCUT2D eigenvalue weighted by Crippen LogP contribution is 2.33. The second-order valence-electron chi connectivity index (χ2n) is 7.88. The van der Waals surface area contributed by atoms with E-state index in [2.05, 4.69) is 5.32 Å². The van der Waals surface area contributed by atoms with Gasteiger partial charge in [0.25, 0.3) is 5.91 Å². The summed E-state index contributed by atoms with van der Waals surface area (Å²) in [5, 5.41) is 3.24. The highest BCUT2D eigenvalue weighted by Gasteiger charge is 2.27. The van der Waals surface area contributed by atoms with E-state index in [-0.39, 0.29) is 18.7 Å². The molecule has 2 aliphatic heterocycles. The summed E-state index contributed by atoms with van der Waals surface area (Å²) in [5.74, 6) is 1.16. The lowest BCUT2D eigenvalue weighted by molar-refractivity contribution is 0.102. The van der Waals surface area contributed by atoms with Crippen LogP contribution in [0, 0.1) is 0 Å². The number of carbonyl (C=O) groups excluding carboxylic acids is 2. The van der Waals surface area contributed by atoms with E-state index in [1.807, 2.05) is 35.2 Å². The molecule has 1 N–H and O–H groups in total. The van der Waals surface area contributed by atoms with Crippen molar-refractivity contribution in [2.24, 2.45) is 0 Å². The Morgan fingerprint density at radius 2 is 1.76 bits per heavy atom. The predicted octanol–water partition coefficient (Wildman–Crippen LogP) is 5.15. The number of carbonyl (C=O) groups is 2. The molecule has 1 fully saturated rings. The van der Waals surface area contributed by atoms with Gasteiger partial charge in [0.05, 0.1) is 10.6 Å². The summed E-state index contributed by atoms with van der Waals surface area (Å²) in [6.45, 7) is 2.06. The molecule has 8 heteroatoms. The van der Waals surface area contributed by atoms with E-state index in [0.29, 0.717) is 41.7 Å². The highest BCUT2D eigenvalue weighted by molar-refractivity contribution is 6.34. The lowest BCUT2D eigenvalue weighted by Crippen LogP contribution is -2.49. The molecule has 1 saturated heterocycles. The predicted molar refractivity (Wildman–Crippen MR) is 126 cm³/mol. The Morgan fingerprint density at radius 3 is 2.58 bits per heavy atom. The molecule has 0 saturated carbocycles. The molecule has 0 aromatic heterocycles. The van der Waals surface area contributed by atoms with Crippen LogP contribution < -0.4 is 19.7 Å². The molecule has 2 heterocycles. The van der Waals surface area contributed by atoms with Crippen LogP contribution in [0.2, 0.25) is 5.02 Å². The van der Waals surface area contributed by atoms with Crippen LogP contribution in [0.3, 0.4) is 0 Å². The van der Waals surface area contributed by atoms with Crippen LogP contribution in [-0.2, 0) is 6.54 Å². The van der Waals surface area contributed by atoms with Gasteiger partial charge in [0.15, 0.2) is 11.5 Å². The zero-order valence-corrected chi connectivity index (χ0v) is 18.5. The summed E-state index contributed by atoms with van der Waals surface area (Å²) in [6.07, 6.45) is 0.862. The van der Waals surface area contributed by atoms with Gasteiger partial charge in [-0.3, -0.25) is 9.69 Å². The number of ether oxygens (including phenoxy) is 2. The number of nitrogens with zero attached hydrogens (tertiary/aromatic N) is 2. The minimum absolute atomic E-state index is 0.0493. The third-order valence-corrected chi connectivity index (χ3v) is 6.01. The van der Waals surface area contributed by atoms with E-state index in [9.17, 15) is 9.59 Å². The molecular weight excluding hydrogens is 442 g/mol. The van der Waals surface area contributed by atoms with Crippen LogP contribution in [0.25, 0.3) is 0 Å². The SMILES string of the molecule is O=C(Nc1ccc(N2CCCN(Cc3ccc4c(c3)OCO4)C2=O)cc1)c1ccccc1Cl. The first kappa shape index (κ1) is 21.2. The lowest BCUT2D eigenvalue weighted by Gasteiger charge is -2.35. The Kier molecular flexibility index (Phi) is 5.79.